The van der Waals surface area contributed by atoms with Crippen LogP contribution in [0, 0.1) is 0 Å². The summed E-state index contributed by atoms with van der Waals surface area (Å²) in [6, 6.07) is 25.7. The number of hydrogen-bond donors (Lipinski definition) is 2. The number of hydrogen-bond acceptors (Lipinski definition) is 3. The molecule has 0 atom stereocenters. The second-order valence-corrected chi connectivity index (χ2v) is 5.85. The normalized spacial score (nSPS) is 10.4. The summed E-state index contributed by atoms with van der Waals surface area (Å²) < 4.78 is 5.85. The van der Waals surface area contributed by atoms with Crippen LogP contribution < -0.4 is 15.6 Å². The highest BCUT2D eigenvalue weighted by atomic mass is 35.5. The molecule has 3 aromatic rings. The largest absolute Gasteiger partial charge is 0.489 e. The third-order valence-corrected chi connectivity index (χ3v) is 3.73. The molecule has 4 heteroatoms. The van der Waals surface area contributed by atoms with Gasteiger partial charge in [0.1, 0.15) is 12.4 Å². The van der Waals surface area contributed by atoms with Crippen molar-refractivity contribution in [2.24, 2.45) is 0 Å². The van der Waals surface area contributed by atoms with E-state index in [1.54, 1.807) is 0 Å². The van der Waals surface area contributed by atoms with E-state index in [1.807, 2.05) is 72.8 Å². The number of anilines is 1. The first-order valence-corrected chi connectivity index (χ1v) is 8.17. The van der Waals surface area contributed by atoms with Crippen LogP contribution in [0.15, 0.2) is 78.9 Å². The first kappa shape index (κ1) is 16.4. The zero-order valence-electron chi connectivity index (χ0n) is 13.2. The van der Waals surface area contributed by atoms with Crippen LogP contribution in [0.25, 0.3) is 0 Å². The van der Waals surface area contributed by atoms with E-state index in [0.717, 1.165) is 27.6 Å². The number of benzene rings is 3. The molecule has 0 aromatic heterocycles. The van der Waals surface area contributed by atoms with Crippen molar-refractivity contribution in [1.29, 1.82) is 0 Å². The number of para-hydroxylation sites is 1. The zero-order valence-corrected chi connectivity index (χ0v) is 14.0. The minimum absolute atomic E-state index is 0.500. The molecular weight excluding hydrogens is 320 g/mol. The third kappa shape index (κ3) is 5.01. The van der Waals surface area contributed by atoms with Crippen LogP contribution in [0.4, 0.5) is 5.69 Å². The number of hydrazine groups is 1. The van der Waals surface area contributed by atoms with Gasteiger partial charge in [-0.05, 0) is 47.5 Å². The first-order chi connectivity index (χ1) is 11.8. The van der Waals surface area contributed by atoms with Crippen LogP contribution in [-0.4, -0.2) is 0 Å². The summed E-state index contributed by atoms with van der Waals surface area (Å²) in [5.74, 6) is 0.842. The van der Waals surface area contributed by atoms with E-state index < -0.39 is 0 Å². The average molecular weight is 339 g/mol. The molecule has 0 heterocycles. The molecule has 0 aliphatic rings. The fourth-order valence-corrected chi connectivity index (χ4v) is 2.52. The lowest BCUT2D eigenvalue weighted by molar-refractivity contribution is 0.306. The van der Waals surface area contributed by atoms with Gasteiger partial charge in [-0.3, -0.25) is 0 Å². The first-order valence-electron chi connectivity index (χ1n) is 7.80. The summed E-state index contributed by atoms with van der Waals surface area (Å²) in [6.07, 6.45) is 0. The van der Waals surface area contributed by atoms with Crippen molar-refractivity contribution in [3.8, 4) is 5.75 Å². The van der Waals surface area contributed by atoms with Crippen LogP contribution in [0.1, 0.15) is 11.1 Å². The fourth-order valence-electron chi connectivity index (χ4n) is 2.31. The Bertz CT molecular complexity index is 777. The second-order valence-electron chi connectivity index (χ2n) is 5.41. The van der Waals surface area contributed by atoms with Crippen molar-refractivity contribution < 1.29 is 4.74 Å². The Balaban J connectivity index is 1.52. The lowest BCUT2D eigenvalue weighted by atomic mass is 10.2. The lowest BCUT2D eigenvalue weighted by Gasteiger charge is -2.10. The van der Waals surface area contributed by atoms with E-state index in [1.165, 1.54) is 0 Å². The van der Waals surface area contributed by atoms with Crippen molar-refractivity contribution in [3.05, 3.63) is 95.0 Å². The van der Waals surface area contributed by atoms with Crippen molar-refractivity contribution in [3.63, 3.8) is 0 Å². The highest BCUT2D eigenvalue weighted by Crippen LogP contribution is 2.17. The van der Waals surface area contributed by atoms with Gasteiger partial charge in [-0.15, -0.1) is 0 Å². The van der Waals surface area contributed by atoms with Gasteiger partial charge in [-0.1, -0.05) is 54.1 Å². The quantitative estimate of drug-likeness (QED) is 0.592. The van der Waals surface area contributed by atoms with E-state index in [9.17, 15) is 0 Å². The second kappa shape index (κ2) is 8.39. The van der Waals surface area contributed by atoms with Crippen molar-refractivity contribution >= 4 is 17.3 Å². The summed E-state index contributed by atoms with van der Waals surface area (Å²) in [5, 5.41) is 0.723. The van der Waals surface area contributed by atoms with Crippen LogP contribution in [-0.2, 0) is 13.2 Å². The standard InChI is InChI=1S/C20H19ClN2O/c21-18-8-4-7-17(12-18)15-24-20-11-5-6-16(13-20)14-22-23-19-9-2-1-3-10-19/h1-13,22-23H,14-15H2. The topological polar surface area (TPSA) is 33.3 Å². The molecule has 0 spiro atoms. The van der Waals surface area contributed by atoms with Gasteiger partial charge < -0.3 is 10.2 Å². The third-order valence-electron chi connectivity index (χ3n) is 3.49. The molecule has 2 N–H and O–H groups in total. The predicted octanol–water partition coefficient (Wildman–Crippen LogP) is 5.04. The molecular formula is C20H19ClN2O. The van der Waals surface area contributed by atoms with Crippen molar-refractivity contribution in [1.82, 2.24) is 5.43 Å². The molecule has 0 amide bonds. The maximum absolute atomic E-state index is 5.99. The number of rotatable bonds is 7. The number of halogens is 1. The highest BCUT2D eigenvalue weighted by molar-refractivity contribution is 6.30. The Morgan fingerprint density at radius 3 is 2.42 bits per heavy atom. The minimum Gasteiger partial charge on any atom is -0.489 e. The van der Waals surface area contributed by atoms with Crippen LogP contribution >= 0.6 is 11.6 Å². The van der Waals surface area contributed by atoms with E-state index in [0.29, 0.717) is 13.2 Å². The summed E-state index contributed by atoms with van der Waals surface area (Å²) in [4.78, 5) is 0. The maximum Gasteiger partial charge on any atom is 0.120 e. The van der Waals surface area contributed by atoms with Crippen LogP contribution in [0.2, 0.25) is 5.02 Å². The van der Waals surface area contributed by atoms with E-state index in [2.05, 4.69) is 16.9 Å². The van der Waals surface area contributed by atoms with Crippen molar-refractivity contribution in [2.75, 3.05) is 5.43 Å². The van der Waals surface area contributed by atoms with Gasteiger partial charge in [0.2, 0.25) is 0 Å². The van der Waals surface area contributed by atoms with Gasteiger partial charge >= 0.3 is 0 Å². The minimum atomic E-state index is 0.500. The van der Waals surface area contributed by atoms with Crippen molar-refractivity contribution in [2.45, 2.75) is 13.2 Å². The molecule has 122 valence electrons. The monoisotopic (exact) mass is 338 g/mol. The molecule has 24 heavy (non-hydrogen) atoms. The summed E-state index contributed by atoms with van der Waals surface area (Å²) in [6.45, 7) is 1.20. The van der Waals surface area contributed by atoms with E-state index >= 15 is 0 Å². The van der Waals surface area contributed by atoms with Gasteiger partial charge in [0.25, 0.3) is 0 Å². The summed E-state index contributed by atoms with van der Waals surface area (Å²) in [5.41, 5.74) is 9.60. The number of nitrogens with one attached hydrogen (secondary N) is 2. The smallest absolute Gasteiger partial charge is 0.120 e. The summed E-state index contributed by atoms with van der Waals surface area (Å²) in [7, 11) is 0. The molecule has 0 aliphatic heterocycles. The fraction of sp³-hybridized carbons (Fsp3) is 0.100. The predicted molar refractivity (Wildman–Crippen MR) is 99.1 cm³/mol. The number of ether oxygens (including phenoxy) is 1. The molecule has 0 fully saturated rings. The van der Waals surface area contributed by atoms with Crippen LogP contribution in [0.5, 0.6) is 5.75 Å². The molecule has 0 saturated heterocycles. The molecule has 0 aliphatic carbocycles. The van der Waals surface area contributed by atoms with E-state index in [4.69, 9.17) is 16.3 Å². The maximum atomic E-state index is 5.99. The molecule has 0 saturated carbocycles. The highest BCUT2D eigenvalue weighted by Gasteiger charge is 1.99. The molecule has 0 radical (unpaired) electrons. The zero-order chi connectivity index (χ0) is 16.6. The van der Waals surface area contributed by atoms with Gasteiger partial charge in [0.05, 0.1) is 0 Å². The van der Waals surface area contributed by atoms with Crippen LogP contribution in [0.3, 0.4) is 0 Å². The van der Waals surface area contributed by atoms with Gasteiger partial charge in [0, 0.05) is 17.3 Å². The van der Waals surface area contributed by atoms with Gasteiger partial charge in [-0.25, -0.2) is 5.43 Å². The lowest BCUT2D eigenvalue weighted by Crippen LogP contribution is -2.20. The Hall–Kier alpha value is -2.49. The SMILES string of the molecule is Clc1cccc(COc2cccc(CNNc3ccccc3)c2)c1. The van der Waals surface area contributed by atoms with E-state index in [-0.39, 0.29) is 0 Å². The van der Waals surface area contributed by atoms with Gasteiger partial charge in [0.15, 0.2) is 0 Å². The Labute approximate surface area is 147 Å². The molecule has 0 unspecified atom stereocenters. The molecule has 3 nitrogen and oxygen atoms in total. The average Bonchev–Trinajstić information content (AvgIpc) is 2.61. The Morgan fingerprint density at radius 2 is 1.58 bits per heavy atom. The Kier molecular flexibility index (Phi) is 5.72. The molecule has 0 bridgehead atoms. The van der Waals surface area contributed by atoms with Gasteiger partial charge in [-0.2, -0.15) is 0 Å². The molecule has 3 aromatic carbocycles. The molecule has 3 rings (SSSR count). The Morgan fingerprint density at radius 1 is 0.792 bits per heavy atom. The summed E-state index contributed by atoms with van der Waals surface area (Å²) >= 11 is 5.99.